The normalized spacial score (nSPS) is 11.3. The molecule has 0 aromatic heterocycles. The topological polar surface area (TPSA) is 57.5 Å². The molecule has 4 heteroatoms. The largest absolute Gasteiger partial charge is 0.488 e. The number of hydrogen-bond acceptors (Lipinski definition) is 3. The molecule has 1 aromatic carbocycles. The third-order valence-electron chi connectivity index (χ3n) is 2.15. The summed E-state index contributed by atoms with van der Waals surface area (Å²) in [5.41, 5.74) is 0.562. The summed E-state index contributed by atoms with van der Waals surface area (Å²) in [5.74, 6) is 0.0430. The molecule has 15 heavy (non-hydrogen) atoms. The fraction of sp³-hybridized carbons (Fsp3) is 0.364. The van der Waals surface area contributed by atoms with Gasteiger partial charge in [-0.1, -0.05) is 45.0 Å². The summed E-state index contributed by atoms with van der Waals surface area (Å²) in [6, 6.07) is 6.32. The number of carbonyl (C=O) groups excluding carboxylic acids is 1. The molecular formula is C11H15BO3. The van der Waals surface area contributed by atoms with Gasteiger partial charge in [0.2, 0.25) is 0 Å². The van der Waals surface area contributed by atoms with Gasteiger partial charge in [-0.25, -0.2) is 0 Å². The Bertz CT molecular complexity index is 349. The van der Waals surface area contributed by atoms with Crippen molar-refractivity contribution in [3.8, 4) is 0 Å². The lowest BCUT2D eigenvalue weighted by Crippen LogP contribution is -2.30. The van der Waals surface area contributed by atoms with Crippen LogP contribution in [0.25, 0.3) is 0 Å². The number of ketones is 1. The first kappa shape index (κ1) is 11.9. The molecule has 0 spiro atoms. The minimum Gasteiger partial charge on any atom is -0.423 e. The van der Waals surface area contributed by atoms with Crippen LogP contribution in [0.3, 0.4) is 0 Å². The molecule has 0 amide bonds. The number of rotatable bonds is 2. The summed E-state index contributed by atoms with van der Waals surface area (Å²) in [6.07, 6.45) is 0. The highest BCUT2D eigenvalue weighted by atomic mass is 16.4. The Kier molecular flexibility index (Phi) is 3.32. The van der Waals surface area contributed by atoms with Crippen LogP contribution in [0.2, 0.25) is 0 Å². The molecule has 0 saturated heterocycles. The van der Waals surface area contributed by atoms with Gasteiger partial charge in [0.15, 0.2) is 5.78 Å². The molecule has 0 fully saturated rings. The molecule has 0 saturated carbocycles. The fourth-order valence-corrected chi connectivity index (χ4v) is 1.24. The highest BCUT2D eigenvalue weighted by Crippen LogP contribution is 2.19. The smallest absolute Gasteiger partial charge is 0.423 e. The van der Waals surface area contributed by atoms with E-state index in [-0.39, 0.29) is 5.78 Å². The molecule has 3 nitrogen and oxygen atoms in total. The van der Waals surface area contributed by atoms with Gasteiger partial charge in [-0.15, -0.1) is 0 Å². The molecule has 1 rings (SSSR count). The summed E-state index contributed by atoms with van der Waals surface area (Å²) in [7, 11) is -1.48. The Hall–Kier alpha value is -1.13. The van der Waals surface area contributed by atoms with E-state index < -0.39 is 12.5 Å². The first-order valence-electron chi connectivity index (χ1n) is 4.83. The van der Waals surface area contributed by atoms with Crippen molar-refractivity contribution in [1.82, 2.24) is 0 Å². The Morgan fingerprint density at radius 1 is 1.13 bits per heavy atom. The first-order valence-corrected chi connectivity index (χ1v) is 4.83. The lowest BCUT2D eigenvalue weighted by Gasteiger charge is -2.16. The van der Waals surface area contributed by atoms with Crippen molar-refractivity contribution >= 4 is 18.4 Å². The van der Waals surface area contributed by atoms with Crippen molar-refractivity contribution < 1.29 is 14.8 Å². The average molecular weight is 206 g/mol. The zero-order valence-corrected chi connectivity index (χ0v) is 9.19. The third-order valence-corrected chi connectivity index (χ3v) is 2.15. The summed E-state index contributed by atoms with van der Waals surface area (Å²) < 4.78 is 0. The van der Waals surface area contributed by atoms with Crippen LogP contribution in [-0.4, -0.2) is 22.9 Å². The second-order valence-electron chi connectivity index (χ2n) is 4.57. The number of benzene rings is 1. The molecule has 2 N–H and O–H groups in total. The van der Waals surface area contributed by atoms with Crippen LogP contribution in [0, 0.1) is 5.41 Å². The van der Waals surface area contributed by atoms with E-state index in [4.69, 9.17) is 10.0 Å². The Labute approximate surface area is 89.9 Å². The summed E-state index contributed by atoms with van der Waals surface area (Å²) in [4.78, 5) is 11.8. The predicted octanol–water partition coefficient (Wildman–Crippen LogP) is 0.595. The van der Waals surface area contributed by atoms with Crippen molar-refractivity contribution in [1.29, 1.82) is 0 Å². The molecule has 0 radical (unpaired) electrons. The van der Waals surface area contributed by atoms with Crippen LogP contribution in [0.4, 0.5) is 0 Å². The molecule has 1 aromatic rings. The quantitative estimate of drug-likeness (QED) is 0.550. The Morgan fingerprint density at radius 3 is 1.93 bits per heavy atom. The van der Waals surface area contributed by atoms with Crippen molar-refractivity contribution in [3.05, 3.63) is 29.8 Å². The molecule has 0 unspecified atom stereocenters. The maximum absolute atomic E-state index is 11.8. The van der Waals surface area contributed by atoms with Gasteiger partial charge in [0.25, 0.3) is 0 Å². The van der Waals surface area contributed by atoms with E-state index in [9.17, 15) is 4.79 Å². The van der Waals surface area contributed by atoms with Crippen molar-refractivity contribution in [3.63, 3.8) is 0 Å². The Morgan fingerprint density at radius 2 is 1.60 bits per heavy atom. The standard InChI is InChI=1S/C11H15BO3/c1-11(2,3)10(13)8-4-6-9(7-5-8)12(14)15/h4-7,14-15H,1-3H3. The molecule has 0 bridgehead atoms. The van der Waals surface area contributed by atoms with Gasteiger partial charge in [0, 0.05) is 11.0 Å². The lowest BCUT2D eigenvalue weighted by molar-refractivity contribution is 0.0858. The van der Waals surface area contributed by atoms with E-state index >= 15 is 0 Å². The fourth-order valence-electron chi connectivity index (χ4n) is 1.24. The molecule has 0 aliphatic carbocycles. The third kappa shape index (κ3) is 2.91. The van der Waals surface area contributed by atoms with Crippen LogP contribution in [0.15, 0.2) is 24.3 Å². The SMILES string of the molecule is CC(C)(C)C(=O)c1ccc(B(O)O)cc1. The van der Waals surface area contributed by atoms with Gasteiger partial charge < -0.3 is 10.0 Å². The summed E-state index contributed by atoms with van der Waals surface area (Å²) >= 11 is 0. The lowest BCUT2D eigenvalue weighted by atomic mass is 9.79. The van der Waals surface area contributed by atoms with Crippen LogP contribution in [0.5, 0.6) is 0 Å². The van der Waals surface area contributed by atoms with Crippen LogP contribution in [-0.2, 0) is 0 Å². The monoisotopic (exact) mass is 206 g/mol. The molecule has 80 valence electrons. The minimum absolute atomic E-state index is 0.0430. The average Bonchev–Trinajstić information content (AvgIpc) is 2.15. The van der Waals surface area contributed by atoms with E-state index in [1.165, 1.54) is 0 Å². The Balaban J connectivity index is 2.95. The van der Waals surface area contributed by atoms with E-state index in [1.54, 1.807) is 24.3 Å². The predicted molar refractivity (Wildman–Crippen MR) is 60.1 cm³/mol. The van der Waals surface area contributed by atoms with E-state index in [0.717, 1.165) is 0 Å². The number of carbonyl (C=O) groups is 1. The molecule has 0 aliphatic heterocycles. The maximum Gasteiger partial charge on any atom is 0.488 e. The van der Waals surface area contributed by atoms with Crippen molar-refractivity contribution in [2.24, 2.45) is 5.41 Å². The zero-order chi connectivity index (χ0) is 11.6. The summed E-state index contributed by atoms with van der Waals surface area (Å²) in [6.45, 7) is 5.55. The number of hydrogen-bond donors (Lipinski definition) is 2. The zero-order valence-electron chi connectivity index (χ0n) is 9.19. The van der Waals surface area contributed by atoms with Crippen LogP contribution in [0.1, 0.15) is 31.1 Å². The van der Waals surface area contributed by atoms with E-state index in [0.29, 0.717) is 11.0 Å². The van der Waals surface area contributed by atoms with Gasteiger partial charge in [-0.2, -0.15) is 0 Å². The minimum atomic E-state index is -1.48. The van der Waals surface area contributed by atoms with E-state index in [1.807, 2.05) is 20.8 Å². The summed E-state index contributed by atoms with van der Waals surface area (Å²) in [5, 5.41) is 17.8. The molecule has 0 aliphatic rings. The molecular weight excluding hydrogens is 191 g/mol. The van der Waals surface area contributed by atoms with Gasteiger partial charge in [0.05, 0.1) is 0 Å². The second kappa shape index (κ2) is 4.17. The van der Waals surface area contributed by atoms with Gasteiger partial charge in [-0.05, 0) is 5.46 Å². The first-order chi connectivity index (χ1) is 6.82. The molecule has 0 atom stereocenters. The van der Waals surface area contributed by atoms with E-state index in [2.05, 4.69) is 0 Å². The van der Waals surface area contributed by atoms with Crippen LogP contribution < -0.4 is 5.46 Å². The highest BCUT2D eigenvalue weighted by Gasteiger charge is 2.23. The van der Waals surface area contributed by atoms with Gasteiger partial charge in [0.1, 0.15) is 0 Å². The van der Waals surface area contributed by atoms with Crippen LogP contribution >= 0.6 is 0 Å². The molecule has 0 heterocycles. The van der Waals surface area contributed by atoms with Gasteiger partial charge >= 0.3 is 7.12 Å². The van der Waals surface area contributed by atoms with Crippen molar-refractivity contribution in [2.45, 2.75) is 20.8 Å². The second-order valence-corrected chi connectivity index (χ2v) is 4.57. The maximum atomic E-state index is 11.8. The number of Topliss-reactive ketones (excluding diaryl/α,β-unsaturated/α-hetero) is 1. The van der Waals surface area contributed by atoms with Crippen molar-refractivity contribution in [2.75, 3.05) is 0 Å². The highest BCUT2D eigenvalue weighted by molar-refractivity contribution is 6.58. The van der Waals surface area contributed by atoms with Gasteiger partial charge in [-0.3, -0.25) is 4.79 Å².